The molecular weight excluding hydrogens is 324 g/mol. The quantitative estimate of drug-likeness (QED) is 0.793. The number of aryl methyl sites for hydroxylation is 1. The summed E-state index contributed by atoms with van der Waals surface area (Å²) in [5, 5.41) is 13.9. The minimum Gasteiger partial charge on any atom is -0.333 e. The van der Waals surface area contributed by atoms with Crippen molar-refractivity contribution < 1.29 is 4.79 Å². The Bertz CT molecular complexity index is 844. The van der Waals surface area contributed by atoms with Gasteiger partial charge in [0.1, 0.15) is 0 Å². The van der Waals surface area contributed by atoms with Gasteiger partial charge in [-0.3, -0.25) is 4.79 Å². The molecule has 1 aromatic carbocycles. The van der Waals surface area contributed by atoms with E-state index in [-0.39, 0.29) is 5.91 Å². The van der Waals surface area contributed by atoms with Crippen LogP contribution in [0.15, 0.2) is 42.0 Å². The maximum atomic E-state index is 12.9. The first-order valence-electron chi connectivity index (χ1n) is 7.73. The van der Waals surface area contributed by atoms with Crippen molar-refractivity contribution in [2.75, 3.05) is 11.9 Å². The van der Waals surface area contributed by atoms with Gasteiger partial charge in [-0.1, -0.05) is 11.3 Å². The second-order valence-corrected chi connectivity index (χ2v) is 6.47. The van der Waals surface area contributed by atoms with Crippen molar-refractivity contribution in [3.8, 4) is 0 Å². The smallest absolute Gasteiger partial charge is 0.254 e. The Kier molecular flexibility index (Phi) is 3.96. The van der Waals surface area contributed by atoms with Gasteiger partial charge in [-0.05, 0) is 24.6 Å². The Labute approximate surface area is 142 Å². The van der Waals surface area contributed by atoms with Gasteiger partial charge in [0.2, 0.25) is 0 Å². The number of fused-ring (bicyclic) bond motifs is 1. The highest BCUT2D eigenvalue weighted by Gasteiger charge is 2.21. The minimum absolute atomic E-state index is 0.0208. The average molecular weight is 340 g/mol. The highest BCUT2D eigenvalue weighted by molar-refractivity contribution is 7.13. The zero-order valence-corrected chi connectivity index (χ0v) is 13.7. The molecule has 0 bridgehead atoms. The lowest BCUT2D eigenvalue weighted by molar-refractivity contribution is 0.0746. The molecule has 0 fully saturated rings. The van der Waals surface area contributed by atoms with Crippen LogP contribution >= 0.6 is 11.3 Å². The third-order valence-electron chi connectivity index (χ3n) is 3.93. The van der Waals surface area contributed by atoms with Crippen LogP contribution in [-0.4, -0.2) is 37.3 Å². The summed E-state index contributed by atoms with van der Waals surface area (Å²) in [6, 6.07) is 7.52. The first-order valence-corrected chi connectivity index (χ1v) is 8.61. The summed E-state index contributed by atoms with van der Waals surface area (Å²) in [7, 11) is 0. The summed E-state index contributed by atoms with van der Waals surface area (Å²) in [6.45, 7) is 2.05. The van der Waals surface area contributed by atoms with Crippen molar-refractivity contribution in [3.63, 3.8) is 0 Å². The zero-order chi connectivity index (χ0) is 16.4. The second kappa shape index (κ2) is 6.40. The number of rotatable bonds is 3. The van der Waals surface area contributed by atoms with Gasteiger partial charge in [0.25, 0.3) is 5.91 Å². The molecule has 1 amide bonds. The first-order chi connectivity index (χ1) is 11.8. The molecule has 24 heavy (non-hydrogen) atoms. The standard InChI is InChI=1S/C16H16N6OS/c23-15(21-6-2-7-22-14(11-21)10-18-20-22)12-3-1-4-13(9-12)19-16-17-5-8-24-16/h1,3-5,8-10H,2,6-7,11H2,(H,17,19). The number of hydrogen-bond donors (Lipinski definition) is 1. The summed E-state index contributed by atoms with van der Waals surface area (Å²) in [4.78, 5) is 18.9. The minimum atomic E-state index is 0.0208. The largest absolute Gasteiger partial charge is 0.333 e. The van der Waals surface area contributed by atoms with E-state index in [0.29, 0.717) is 18.7 Å². The van der Waals surface area contributed by atoms with Crippen molar-refractivity contribution in [1.82, 2.24) is 24.9 Å². The van der Waals surface area contributed by atoms with Gasteiger partial charge in [-0.15, -0.1) is 16.4 Å². The molecule has 4 rings (SSSR count). The van der Waals surface area contributed by atoms with Crippen LogP contribution in [-0.2, 0) is 13.1 Å². The molecule has 2 aromatic heterocycles. The maximum absolute atomic E-state index is 12.9. The van der Waals surface area contributed by atoms with Gasteiger partial charge in [0.15, 0.2) is 5.13 Å². The number of nitrogens with zero attached hydrogens (tertiary/aromatic N) is 5. The topological polar surface area (TPSA) is 75.9 Å². The fraction of sp³-hybridized carbons (Fsp3) is 0.250. The van der Waals surface area contributed by atoms with Crippen molar-refractivity contribution in [3.05, 3.63) is 53.3 Å². The van der Waals surface area contributed by atoms with E-state index in [9.17, 15) is 4.79 Å². The number of anilines is 2. The molecule has 3 aromatic rings. The number of nitrogens with one attached hydrogen (secondary N) is 1. The number of carbonyl (C=O) groups excluding carboxylic acids is 1. The second-order valence-electron chi connectivity index (χ2n) is 5.57. The molecule has 0 saturated heterocycles. The zero-order valence-electron chi connectivity index (χ0n) is 12.9. The predicted octanol–water partition coefficient (Wildman–Crippen LogP) is 2.52. The van der Waals surface area contributed by atoms with E-state index < -0.39 is 0 Å². The van der Waals surface area contributed by atoms with Crippen LogP contribution in [0.3, 0.4) is 0 Å². The van der Waals surface area contributed by atoms with Crippen LogP contribution in [0.5, 0.6) is 0 Å². The molecule has 0 unspecified atom stereocenters. The van der Waals surface area contributed by atoms with E-state index in [1.54, 1.807) is 12.4 Å². The van der Waals surface area contributed by atoms with E-state index >= 15 is 0 Å². The number of benzene rings is 1. The van der Waals surface area contributed by atoms with E-state index in [4.69, 9.17) is 0 Å². The van der Waals surface area contributed by atoms with Gasteiger partial charge in [-0.25, -0.2) is 9.67 Å². The summed E-state index contributed by atoms with van der Waals surface area (Å²) < 4.78 is 1.87. The van der Waals surface area contributed by atoms with E-state index in [2.05, 4.69) is 20.6 Å². The molecule has 0 saturated carbocycles. The van der Waals surface area contributed by atoms with Crippen molar-refractivity contribution in [2.45, 2.75) is 19.5 Å². The van der Waals surface area contributed by atoms with Crippen LogP contribution < -0.4 is 5.32 Å². The molecule has 1 aliphatic rings. The molecule has 8 heteroatoms. The lowest BCUT2D eigenvalue weighted by Gasteiger charge is -2.20. The fourth-order valence-electron chi connectivity index (χ4n) is 2.77. The molecule has 0 spiro atoms. The van der Waals surface area contributed by atoms with Crippen molar-refractivity contribution in [1.29, 1.82) is 0 Å². The molecule has 3 heterocycles. The summed E-state index contributed by atoms with van der Waals surface area (Å²) in [5.41, 5.74) is 2.49. The van der Waals surface area contributed by atoms with Crippen molar-refractivity contribution in [2.24, 2.45) is 0 Å². The number of amides is 1. The number of carbonyl (C=O) groups is 1. The van der Waals surface area contributed by atoms with E-state index in [0.717, 1.165) is 29.5 Å². The summed E-state index contributed by atoms with van der Waals surface area (Å²) in [5.74, 6) is 0.0208. The fourth-order valence-corrected chi connectivity index (χ4v) is 3.32. The number of hydrogen-bond acceptors (Lipinski definition) is 6. The Balaban J connectivity index is 1.54. The van der Waals surface area contributed by atoms with Crippen LogP contribution in [0.25, 0.3) is 0 Å². The van der Waals surface area contributed by atoms with Crippen LogP contribution in [0.1, 0.15) is 22.5 Å². The van der Waals surface area contributed by atoms with Crippen LogP contribution in [0, 0.1) is 0 Å². The van der Waals surface area contributed by atoms with Crippen molar-refractivity contribution >= 4 is 28.1 Å². The highest BCUT2D eigenvalue weighted by Crippen LogP contribution is 2.21. The molecule has 0 aliphatic carbocycles. The monoisotopic (exact) mass is 340 g/mol. The molecule has 122 valence electrons. The summed E-state index contributed by atoms with van der Waals surface area (Å²) >= 11 is 1.52. The van der Waals surface area contributed by atoms with Gasteiger partial charge in [-0.2, -0.15) is 0 Å². The van der Waals surface area contributed by atoms with Gasteiger partial charge in [0, 0.05) is 35.9 Å². The Hall–Kier alpha value is -2.74. The van der Waals surface area contributed by atoms with Gasteiger partial charge < -0.3 is 10.2 Å². The molecular formula is C16H16N6OS. The first kappa shape index (κ1) is 14.8. The lowest BCUT2D eigenvalue weighted by Crippen LogP contribution is -2.30. The van der Waals surface area contributed by atoms with E-state index in [1.165, 1.54) is 11.3 Å². The Morgan fingerprint density at radius 3 is 3.12 bits per heavy atom. The molecule has 7 nitrogen and oxygen atoms in total. The van der Waals surface area contributed by atoms with Crippen LogP contribution in [0.4, 0.5) is 10.8 Å². The molecule has 0 atom stereocenters. The lowest BCUT2D eigenvalue weighted by atomic mass is 10.1. The predicted molar refractivity (Wildman–Crippen MR) is 91.2 cm³/mol. The third-order valence-corrected chi connectivity index (χ3v) is 4.62. The van der Waals surface area contributed by atoms with Gasteiger partial charge in [0.05, 0.1) is 18.4 Å². The number of thiazole rings is 1. The Morgan fingerprint density at radius 1 is 1.29 bits per heavy atom. The average Bonchev–Trinajstić information content (AvgIpc) is 3.22. The molecule has 1 N–H and O–H groups in total. The van der Waals surface area contributed by atoms with Crippen LogP contribution in [0.2, 0.25) is 0 Å². The highest BCUT2D eigenvalue weighted by atomic mass is 32.1. The third kappa shape index (κ3) is 3.00. The maximum Gasteiger partial charge on any atom is 0.254 e. The number of aromatic nitrogens is 4. The van der Waals surface area contributed by atoms with E-state index in [1.807, 2.05) is 39.2 Å². The summed E-state index contributed by atoms with van der Waals surface area (Å²) in [6.07, 6.45) is 4.35. The van der Waals surface area contributed by atoms with Gasteiger partial charge >= 0.3 is 0 Å². The normalized spacial score (nSPS) is 14.1. The molecule has 0 radical (unpaired) electrons. The SMILES string of the molecule is O=C(c1cccc(Nc2nccs2)c1)N1CCCn2nncc2C1. The molecule has 1 aliphatic heterocycles. The Morgan fingerprint density at radius 2 is 2.25 bits per heavy atom.